The maximum atomic E-state index is 5.45. The third-order valence-electron chi connectivity index (χ3n) is 3.35. The summed E-state index contributed by atoms with van der Waals surface area (Å²) in [6.45, 7) is 2.49. The van der Waals surface area contributed by atoms with Crippen molar-refractivity contribution in [3.8, 4) is 0 Å². The molecule has 0 amide bonds. The van der Waals surface area contributed by atoms with E-state index < -0.39 is 0 Å². The van der Waals surface area contributed by atoms with E-state index in [1.54, 1.807) is 0 Å². The molecule has 0 radical (unpaired) electrons. The van der Waals surface area contributed by atoms with Gasteiger partial charge in [0.1, 0.15) is 0 Å². The maximum Gasteiger partial charge on any atom is 0.226 e. The Morgan fingerprint density at radius 3 is 2.89 bits per heavy atom. The molecule has 18 heavy (non-hydrogen) atoms. The van der Waals surface area contributed by atoms with Crippen LogP contribution in [-0.4, -0.2) is 29.9 Å². The predicted octanol–water partition coefficient (Wildman–Crippen LogP) is 1.71. The normalized spacial score (nSPS) is 19.5. The summed E-state index contributed by atoms with van der Waals surface area (Å²) in [5.74, 6) is 2.18. The van der Waals surface area contributed by atoms with Gasteiger partial charge in [-0.05, 0) is 31.7 Å². The van der Waals surface area contributed by atoms with Crippen molar-refractivity contribution in [2.75, 3.05) is 19.8 Å². The van der Waals surface area contributed by atoms with Gasteiger partial charge in [0.15, 0.2) is 5.82 Å². The fourth-order valence-corrected chi connectivity index (χ4v) is 2.25. The summed E-state index contributed by atoms with van der Waals surface area (Å²) in [5.41, 5.74) is 5.45. The second-order valence-electron chi connectivity index (χ2n) is 4.99. The molecule has 1 atom stereocenters. The quantitative estimate of drug-likeness (QED) is 0.714. The van der Waals surface area contributed by atoms with Crippen LogP contribution in [0.25, 0.3) is 0 Å². The van der Waals surface area contributed by atoms with Gasteiger partial charge in [-0.2, -0.15) is 4.98 Å². The molecule has 2 rings (SSSR count). The largest absolute Gasteiger partial charge is 0.381 e. The Bertz CT molecular complexity index is 335. The molecule has 2 heterocycles. The second-order valence-corrected chi connectivity index (χ2v) is 4.99. The van der Waals surface area contributed by atoms with Crippen molar-refractivity contribution in [1.29, 1.82) is 0 Å². The third kappa shape index (κ3) is 4.38. The Labute approximate surface area is 108 Å². The van der Waals surface area contributed by atoms with Gasteiger partial charge < -0.3 is 15.0 Å². The van der Waals surface area contributed by atoms with Crippen molar-refractivity contribution in [3.05, 3.63) is 11.7 Å². The van der Waals surface area contributed by atoms with Crippen LogP contribution in [-0.2, 0) is 17.6 Å². The Kier molecular flexibility index (Phi) is 5.61. The molecule has 0 aromatic carbocycles. The van der Waals surface area contributed by atoms with Crippen LogP contribution in [0.5, 0.6) is 0 Å². The average molecular weight is 253 g/mol. The first kappa shape index (κ1) is 13.5. The van der Waals surface area contributed by atoms with Gasteiger partial charge in [-0.25, -0.2) is 0 Å². The van der Waals surface area contributed by atoms with Gasteiger partial charge in [0.05, 0.1) is 0 Å². The van der Waals surface area contributed by atoms with Gasteiger partial charge in [-0.15, -0.1) is 0 Å². The number of nitrogens with zero attached hydrogens (tertiary/aromatic N) is 2. The maximum absolute atomic E-state index is 5.45. The van der Waals surface area contributed by atoms with E-state index in [4.69, 9.17) is 15.0 Å². The van der Waals surface area contributed by atoms with Gasteiger partial charge in [0.25, 0.3) is 0 Å². The van der Waals surface area contributed by atoms with Gasteiger partial charge in [0.2, 0.25) is 5.89 Å². The number of unbranched alkanes of at least 4 members (excludes halogenated alkanes) is 3. The van der Waals surface area contributed by atoms with E-state index in [1.807, 2.05) is 0 Å². The molecule has 5 heteroatoms. The number of nitrogens with two attached hydrogens (primary N) is 1. The molecule has 2 N–H and O–H groups in total. The van der Waals surface area contributed by atoms with Crippen LogP contribution in [0.1, 0.15) is 43.8 Å². The first-order chi connectivity index (χ1) is 8.88. The van der Waals surface area contributed by atoms with Crippen LogP contribution in [0, 0.1) is 5.92 Å². The second kappa shape index (κ2) is 7.48. The minimum absolute atomic E-state index is 0.569. The fourth-order valence-electron chi connectivity index (χ4n) is 2.25. The lowest BCUT2D eigenvalue weighted by Gasteiger charge is -2.01. The summed E-state index contributed by atoms with van der Waals surface area (Å²) in [4.78, 5) is 4.43. The van der Waals surface area contributed by atoms with Gasteiger partial charge in [-0.3, -0.25) is 0 Å². The highest BCUT2D eigenvalue weighted by molar-refractivity contribution is 4.89. The summed E-state index contributed by atoms with van der Waals surface area (Å²) in [6.07, 6.45) is 7.48. The van der Waals surface area contributed by atoms with Gasteiger partial charge >= 0.3 is 0 Å². The molecule has 0 bridgehead atoms. The van der Waals surface area contributed by atoms with Crippen molar-refractivity contribution < 1.29 is 9.26 Å². The average Bonchev–Trinajstić information content (AvgIpc) is 3.02. The van der Waals surface area contributed by atoms with Crippen molar-refractivity contribution in [2.45, 2.75) is 44.9 Å². The molecule has 0 aliphatic carbocycles. The molecule has 1 unspecified atom stereocenters. The topological polar surface area (TPSA) is 74.2 Å². The molecule has 1 fully saturated rings. The Hall–Kier alpha value is -0.940. The lowest BCUT2D eigenvalue weighted by atomic mass is 10.1. The highest BCUT2D eigenvalue weighted by Crippen LogP contribution is 2.17. The molecule has 1 aliphatic heterocycles. The zero-order chi connectivity index (χ0) is 12.6. The summed E-state index contributed by atoms with van der Waals surface area (Å²) in [6, 6.07) is 0. The van der Waals surface area contributed by atoms with Crippen molar-refractivity contribution in [2.24, 2.45) is 11.7 Å². The Morgan fingerprint density at radius 2 is 2.11 bits per heavy atom. The molecule has 102 valence electrons. The summed E-state index contributed by atoms with van der Waals surface area (Å²) >= 11 is 0. The molecular weight excluding hydrogens is 230 g/mol. The highest BCUT2D eigenvalue weighted by Gasteiger charge is 2.18. The number of hydrogen-bond donors (Lipinski definition) is 1. The summed E-state index contributed by atoms with van der Waals surface area (Å²) in [7, 11) is 0. The lowest BCUT2D eigenvalue weighted by molar-refractivity contribution is 0.185. The number of aromatic nitrogens is 2. The van der Waals surface area contributed by atoms with Crippen LogP contribution >= 0.6 is 0 Å². The van der Waals surface area contributed by atoms with E-state index in [0.29, 0.717) is 5.92 Å². The molecular formula is C13H23N3O2. The monoisotopic (exact) mass is 253 g/mol. The zero-order valence-electron chi connectivity index (χ0n) is 10.9. The number of ether oxygens (including phenoxy) is 1. The van der Waals surface area contributed by atoms with Crippen molar-refractivity contribution in [1.82, 2.24) is 10.1 Å². The van der Waals surface area contributed by atoms with Gasteiger partial charge in [0, 0.05) is 26.1 Å². The molecule has 5 nitrogen and oxygen atoms in total. The van der Waals surface area contributed by atoms with Crippen LogP contribution in [0.15, 0.2) is 4.52 Å². The number of rotatable bonds is 8. The van der Waals surface area contributed by atoms with E-state index in [2.05, 4.69) is 10.1 Å². The van der Waals surface area contributed by atoms with E-state index >= 15 is 0 Å². The van der Waals surface area contributed by atoms with E-state index in [-0.39, 0.29) is 0 Å². The van der Waals surface area contributed by atoms with Crippen LogP contribution in [0.2, 0.25) is 0 Å². The first-order valence-electron chi connectivity index (χ1n) is 6.97. The summed E-state index contributed by atoms with van der Waals surface area (Å²) < 4.78 is 10.6. The van der Waals surface area contributed by atoms with E-state index in [9.17, 15) is 0 Å². The molecule has 1 aromatic heterocycles. The molecule has 1 aliphatic rings. The first-order valence-corrected chi connectivity index (χ1v) is 6.97. The van der Waals surface area contributed by atoms with Crippen molar-refractivity contribution in [3.63, 3.8) is 0 Å². The van der Waals surface area contributed by atoms with Gasteiger partial charge in [-0.1, -0.05) is 18.0 Å². The van der Waals surface area contributed by atoms with Crippen LogP contribution in [0.4, 0.5) is 0 Å². The Balaban J connectivity index is 1.65. The lowest BCUT2D eigenvalue weighted by Crippen LogP contribution is -2.05. The SMILES string of the molecule is NCCCCCCc1nc(CC2CCOC2)no1. The standard InChI is InChI=1S/C13H23N3O2/c14-7-4-2-1-3-5-13-15-12(16-18-13)9-11-6-8-17-10-11/h11H,1-10,14H2. The van der Waals surface area contributed by atoms with Crippen LogP contribution < -0.4 is 5.73 Å². The Morgan fingerprint density at radius 1 is 1.22 bits per heavy atom. The molecule has 0 saturated carbocycles. The van der Waals surface area contributed by atoms with Crippen LogP contribution in [0.3, 0.4) is 0 Å². The molecule has 0 spiro atoms. The highest BCUT2D eigenvalue weighted by atomic mass is 16.5. The van der Waals surface area contributed by atoms with Crippen molar-refractivity contribution >= 4 is 0 Å². The third-order valence-corrected chi connectivity index (χ3v) is 3.35. The summed E-state index contributed by atoms with van der Waals surface area (Å²) in [5, 5.41) is 4.03. The van der Waals surface area contributed by atoms with E-state index in [0.717, 1.165) is 63.6 Å². The molecule has 1 saturated heterocycles. The smallest absolute Gasteiger partial charge is 0.226 e. The van der Waals surface area contributed by atoms with E-state index in [1.165, 1.54) is 12.8 Å². The number of aryl methyl sites for hydroxylation is 1. The minimum Gasteiger partial charge on any atom is -0.381 e. The predicted molar refractivity (Wildman–Crippen MR) is 68.2 cm³/mol. The molecule has 1 aromatic rings. The zero-order valence-corrected chi connectivity index (χ0v) is 10.9. The number of hydrogen-bond acceptors (Lipinski definition) is 5. The minimum atomic E-state index is 0.569. The fraction of sp³-hybridized carbons (Fsp3) is 0.846.